The molecule has 0 bridgehead atoms. The van der Waals surface area contributed by atoms with Crippen molar-refractivity contribution in [1.82, 2.24) is 9.80 Å². The molecule has 1 heterocycles. The van der Waals surface area contributed by atoms with Gasteiger partial charge in [0.2, 0.25) is 0 Å². The summed E-state index contributed by atoms with van der Waals surface area (Å²) in [6.45, 7) is 9.55. The highest BCUT2D eigenvalue weighted by molar-refractivity contribution is 4.91. The van der Waals surface area contributed by atoms with E-state index in [1.165, 1.54) is 0 Å². The number of piperazine rings is 1. The third kappa shape index (κ3) is 3.16. The zero-order valence-corrected chi connectivity index (χ0v) is 9.85. The van der Waals surface area contributed by atoms with E-state index in [1.54, 1.807) is 0 Å². The van der Waals surface area contributed by atoms with Gasteiger partial charge in [-0.15, -0.1) is 0 Å². The summed E-state index contributed by atoms with van der Waals surface area (Å²) in [6.07, 6.45) is -0.287. The minimum atomic E-state index is -0.287. The van der Waals surface area contributed by atoms with Gasteiger partial charge in [-0.25, -0.2) is 0 Å². The molecular weight excluding hydrogens is 190 g/mol. The van der Waals surface area contributed by atoms with Gasteiger partial charge in [-0.05, 0) is 20.8 Å². The van der Waals surface area contributed by atoms with Gasteiger partial charge in [0, 0.05) is 32.2 Å². The molecule has 0 aromatic rings. The highest BCUT2D eigenvalue weighted by atomic mass is 16.3. The second-order valence-electron chi connectivity index (χ2n) is 4.36. The van der Waals surface area contributed by atoms with Crippen molar-refractivity contribution in [2.75, 3.05) is 26.2 Å². The van der Waals surface area contributed by atoms with Crippen LogP contribution in [0.4, 0.5) is 0 Å². The Morgan fingerprint density at radius 1 is 1.07 bits per heavy atom. The first-order chi connectivity index (χ1) is 7.06. The van der Waals surface area contributed by atoms with Crippen LogP contribution in [0.3, 0.4) is 0 Å². The first-order valence-electron chi connectivity index (χ1n) is 5.62. The number of nitriles is 1. The van der Waals surface area contributed by atoms with Crippen molar-refractivity contribution in [3.63, 3.8) is 0 Å². The first-order valence-corrected chi connectivity index (χ1v) is 5.62. The average Bonchev–Trinajstić information content (AvgIpc) is 2.27. The molecule has 0 saturated carbocycles. The Kier molecular flexibility index (Phi) is 4.52. The van der Waals surface area contributed by atoms with Gasteiger partial charge in [-0.1, -0.05) is 0 Å². The summed E-state index contributed by atoms with van der Waals surface area (Å²) in [5.41, 5.74) is 0. The minimum Gasteiger partial charge on any atom is -0.392 e. The van der Waals surface area contributed by atoms with E-state index in [2.05, 4.69) is 15.9 Å². The Bertz CT molecular complexity index is 228. The molecule has 0 aromatic carbocycles. The number of aliphatic hydroxyl groups excluding tert-OH is 1. The van der Waals surface area contributed by atoms with Crippen LogP contribution in [0.15, 0.2) is 0 Å². The lowest BCUT2D eigenvalue weighted by Crippen LogP contribution is -2.53. The number of rotatable bonds is 3. The third-order valence-corrected chi connectivity index (χ3v) is 3.36. The number of hydrogen-bond donors (Lipinski definition) is 1. The van der Waals surface area contributed by atoms with Crippen molar-refractivity contribution in [3.05, 3.63) is 0 Å². The smallest absolute Gasteiger partial charge is 0.0950 e. The van der Waals surface area contributed by atoms with Crippen molar-refractivity contribution in [2.45, 2.75) is 39.0 Å². The summed E-state index contributed by atoms with van der Waals surface area (Å²) in [4.78, 5) is 4.47. The van der Waals surface area contributed by atoms with E-state index in [4.69, 9.17) is 5.26 Å². The molecule has 3 unspecified atom stereocenters. The molecule has 0 spiro atoms. The fraction of sp³-hybridized carbons (Fsp3) is 0.909. The predicted octanol–water partition coefficient (Wildman–Crippen LogP) is 0.285. The van der Waals surface area contributed by atoms with Crippen LogP contribution in [0.5, 0.6) is 0 Å². The second kappa shape index (κ2) is 5.45. The number of aliphatic hydroxyl groups is 1. The van der Waals surface area contributed by atoms with Crippen molar-refractivity contribution >= 4 is 0 Å². The van der Waals surface area contributed by atoms with Gasteiger partial charge in [-0.3, -0.25) is 9.80 Å². The average molecular weight is 211 g/mol. The van der Waals surface area contributed by atoms with Crippen LogP contribution in [0.2, 0.25) is 0 Å². The number of nitrogens with zero attached hydrogens (tertiary/aromatic N) is 3. The van der Waals surface area contributed by atoms with Crippen molar-refractivity contribution in [2.24, 2.45) is 0 Å². The predicted molar refractivity (Wildman–Crippen MR) is 59.4 cm³/mol. The highest BCUT2D eigenvalue weighted by Crippen LogP contribution is 2.10. The van der Waals surface area contributed by atoms with Gasteiger partial charge in [0.25, 0.3) is 0 Å². The van der Waals surface area contributed by atoms with Gasteiger partial charge < -0.3 is 5.11 Å². The summed E-state index contributed by atoms with van der Waals surface area (Å²) in [5.74, 6) is 0. The molecule has 0 radical (unpaired) electrons. The molecule has 0 amide bonds. The Balaban J connectivity index is 2.39. The molecule has 4 nitrogen and oxygen atoms in total. The standard InChI is InChI=1S/C11H21N3O/c1-9(8-12)13-4-6-14(7-5-13)10(2)11(3)15/h9-11,15H,4-7H2,1-3H3. The molecule has 1 N–H and O–H groups in total. The maximum atomic E-state index is 9.49. The lowest BCUT2D eigenvalue weighted by atomic mass is 10.1. The molecule has 86 valence electrons. The monoisotopic (exact) mass is 211 g/mol. The molecule has 0 aromatic heterocycles. The van der Waals surface area contributed by atoms with E-state index in [0.717, 1.165) is 26.2 Å². The maximum absolute atomic E-state index is 9.49. The molecule has 0 aliphatic carbocycles. The Labute approximate surface area is 92.1 Å². The van der Waals surface area contributed by atoms with Crippen LogP contribution < -0.4 is 0 Å². The number of hydrogen-bond acceptors (Lipinski definition) is 4. The van der Waals surface area contributed by atoms with Gasteiger partial charge in [-0.2, -0.15) is 5.26 Å². The molecule has 1 fully saturated rings. The molecule has 15 heavy (non-hydrogen) atoms. The van der Waals surface area contributed by atoms with Crippen molar-refractivity contribution in [3.8, 4) is 6.07 Å². The van der Waals surface area contributed by atoms with Crippen LogP contribution in [0.25, 0.3) is 0 Å². The summed E-state index contributed by atoms with van der Waals surface area (Å²) >= 11 is 0. The lowest BCUT2D eigenvalue weighted by Gasteiger charge is -2.39. The molecule has 1 aliphatic rings. The van der Waals surface area contributed by atoms with E-state index < -0.39 is 0 Å². The molecule has 3 atom stereocenters. The minimum absolute atomic E-state index is 0.00834. The van der Waals surface area contributed by atoms with Gasteiger partial charge in [0.15, 0.2) is 0 Å². The molecule has 4 heteroatoms. The zero-order chi connectivity index (χ0) is 11.4. The van der Waals surface area contributed by atoms with Gasteiger partial charge >= 0.3 is 0 Å². The molecule has 1 saturated heterocycles. The van der Waals surface area contributed by atoms with E-state index in [-0.39, 0.29) is 18.2 Å². The largest absolute Gasteiger partial charge is 0.392 e. The summed E-state index contributed by atoms with van der Waals surface area (Å²) in [6, 6.07) is 2.48. The van der Waals surface area contributed by atoms with Gasteiger partial charge in [0.1, 0.15) is 0 Å². The maximum Gasteiger partial charge on any atom is 0.0950 e. The fourth-order valence-corrected chi connectivity index (χ4v) is 1.92. The third-order valence-electron chi connectivity index (χ3n) is 3.36. The Morgan fingerprint density at radius 2 is 1.53 bits per heavy atom. The summed E-state index contributed by atoms with van der Waals surface area (Å²) in [7, 11) is 0. The SMILES string of the molecule is CC(O)C(C)N1CCN(C(C)C#N)CC1. The zero-order valence-electron chi connectivity index (χ0n) is 9.85. The first kappa shape index (κ1) is 12.4. The quantitative estimate of drug-likeness (QED) is 0.729. The molecule has 1 aliphatic heterocycles. The van der Waals surface area contributed by atoms with E-state index >= 15 is 0 Å². The molecular formula is C11H21N3O. The summed E-state index contributed by atoms with van der Waals surface area (Å²) in [5, 5.41) is 18.3. The van der Waals surface area contributed by atoms with Gasteiger partial charge in [0.05, 0.1) is 18.2 Å². The highest BCUT2D eigenvalue weighted by Gasteiger charge is 2.25. The van der Waals surface area contributed by atoms with Crippen LogP contribution in [-0.4, -0.2) is 59.3 Å². The molecule has 1 rings (SSSR count). The van der Waals surface area contributed by atoms with E-state index in [9.17, 15) is 5.11 Å². The van der Waals surface area contributed by atoms with Crippen LogP contribution in [0, 0.1) is 11.3 Å². The Morgan fingerprint density at radius 3 is 1.93 bits per heavy atom. The summed E-state index contributed by atoms with van der Waals surface area (Å²) < 4.78 is 0. The topological polar surface area (TPSA) is 50.5 Å². The Hall–Kier alpha value is -0.630. The van der Waals surface area contributed by atoms with E-state index in [1.807, 2.05) is 20.8 Å². The van der Waals surface area contributed by atoms with E-state index in [0.29, 0.717) is 0 Å². The second-order valence-corrected chi connectivity index (χ2v) is 4.36. The normalized spacial score (nSPS) is 25.5. The van der Waals surface area contributed by atoms with Crippen molar-refractivity contribution < 1.29 is 5.11 Å². The van der Waals surface area contributed by atoms with Crippen molar-refractivity contribution in [1.29, 1.82) is 5.26 Å². The fourth-order valence-electron chi connectivity index (χ4n) is 1.92. The van der Waals surface area contributed by atoms with Crippen LogP contribution >= 0.6 is 0 Å². The van der Waals surface area contributed by atoms with Crippen LogP contribution in [0.1, 0.15) is 20.8 Å². The van der Waals surface area contributed by atoms with Crippen LogP contribution in [-0.2, 0) is 0 Å². The lowest BCUT2D eigenvalue weighted by molar-refractivity contribution is 0.0313.